The van der Waals surface area contributed by atoms with Crippen LogP contribution in [0.15, 0.2) is 48.8 Å². The molecule has 0 saturated carbocycles. The summed E-state index contributed by atoms with van der Waals surface area (Å²) in [5.41, 5.74) is 2.61. The van der Waals surface area contributed by atoms with E-state index in [0.29, 0.717) is 17.9 Å². The SMILES string of the molecule is OCC(O)C#Cc1ccc2ncnc(NCCc3ccc(O)cc3)c2c1. The van der Waals surface area contributed by atoms with E-state index in [1.165, 1.54) is 6.33 Å². The van der Waals surface area contributed by atoms with Crippen LogP contribution >= 0.6 is 0 Å². The van der Waals surface area contributed by atoms with Crippen molar-refractivity contribution in [1.29, 1.82) is 0 Å². The lowest BCUT2D eigenvalue weighted by Crippen LogP contribution is -2.08. The Labute approximate surface area is 151 Å². The average molecular weight is 349 g/mol. The van der Waals surface area contributed by atoms with Crippen LogP contribution in [0.5, 0.6) is 5.75 Å². The molecule has 0 aliphatic heterocycles. The first-order valence-corrected chi connectivity index (χ1v) is 8.23. The number of hydrogen-bond donors (Lipinski definition) is 4. The van der Waals surface area contributed by atoms with E-state index in [1.807, 2.05) is 30.3 Å². The van der Waals surface area contributed by atoms with E-state index in [2.05, 4.69) is 27.1 Å². The number of nitrogens with one attached hydrogen (secondary N) is 1. The molecular formula is C20H19N3O3. The van der Waals surface area contributed by atoms with Gasteiger partial charge in [-0.3, -0.25) is 0 Å². The van der Waals surface area contributed by atoms with Crippen molar-refractivity contribution in [3.05, 3.63) is 59.9 Å². The van der Waals surface area contributed by atoms with Gasteiger partial charge in [-0.05, 0) is 42.3 Å². The fraction of sp³-hybridized carbons (Fsp3) is 0.200. The zero-order chi connectivity index (χ0) is 18.4. The summed E-state index contributed by atoms with van der Waals surface area (Å²) in [7, 11) is 0. The summed E-state index contributed by atoms with van der Waals surface area (Å²) in [5, 5.41) is 31.7. The summed E-state index contributed by atoms with van der Waals surface area (Å²) in [6.07, 6.45) is 1.24. The lowest BCUT2D eigenvalue weighted by atomic mass is 10.1. The van der Waals surface area contributed by atoms with Crippen molar-refractivity contribution in [3.63, 3.8) is 0 Å². The van der Waals surface area contributed by atoms with E-state index in [-0.39, 0.29) is 5.75 Å². The molecule has 2 aromatic carbocycles. The third kappa shape index (κ3) is 4.48. The van der Waals surface area contributed by atoms with Gasteiger partial charge in [-0.25, -0.2) is 9.97 Å². The van der Waals surface area contributed by atoms with Gasteiger partial charge in [0.2, 0.25) is 0 Å². The molecule has 1 aromatic heterocycles. The number of benzene rings is 2. The van der Waals surface area contributed by atoms with Crippen molar-refractivity contribution in [2.75, 3.05) is 18.5 Å². The van der Waals surface area contributed by atoms with Crippen LogP contribution in [0.1, 0.15) is 11.1 Å². The Morgan fingerprint density at radius 1 is 1.08 bits per heavy atom. The lowest BCUT2D eigenvalue weighted by Gasteiger charge is -2.09. The van der Waals surface area contributed by atoms with Gasteiger partial charge in [0.25, 0.3) is 0 Å². The first kappa shape index (κ1) is 17.7. The second kappa shape index (κ2) is 8.30. The minimum atomic E-state index is -1.05. The second-order valence-corrected chi connectivity index (χ2v) is 5.77. The van der Waals surface area contributed by atoms with Crippen LogP contribution in [0.25, 0.3) is 10.9 Å². The summed E-state index contributed by atoms with van der Waals surface area (Å²) < 4.78 is 0. The standard InChI is InChI=1S/C20H19N3O3/c24-12-17(26)7-3-15-4-8-19-18(11-15)20(23-13-22-19)21-10-9-14-1-5-16(25)6-2-14/h1-2,4-6,8,11,13,17,24-26H,9-10,12H2,(H,21,22,23). The van der Waals surface area contributed by atoms with Crippen molar-refractivity contribution in [3.8, 4) is 17.6 Å². The zero-order valence-corrected chi connectivity index (χ0v) is 14.1. The van der Waals surface area contributed by atoms with Gasteiger partial charge < -0.3 is 20.6 Å². The average Bonchev–Trinajstić information content (AvgIpc) is 2.67. The molecule has 1 atom stereocenters. The maximum atomic E-state index is 9.35. The molecule has 1 heterocycles. The van der Waals surface area contributed by atoms with Crippen LogP contribution in [-0.2, 0) is 6.42 Å². The Morgan fingerprint density at radius 3 is 2.65 bits per heavy atom. The van der Waals surface area contributed by atoms with Gasteiger partial charge in [0.1, 0.15) is 24.0 Å². The van der Waals surface area contributed by atoms with Crippen molar-refractivity contribution >= 4 is 16.7 Å². The predicted molar refractivity (Wildman–Crippen MR) is 99.8 cm³/mol. The fourth-order valence-electron chi connectivity index (χ4n) is 2.48. The first-order chi connectivity index (χ1) is 12.7. The van der Waals surface area contributed by atoms with E-state index in [1.54, 1.807) is 12.1 Å². The summed E-state index contributed by atoms with van der Waals surface area (Å²) in [5.74, 6) is 6.37. The van der Waals surface area contributed by atoms with Crippen LogP contribution in [0, 0.1) is 11.8 Å². The molecule has 3 rings (SSSR count). The van der Waals surface area contributed by atoms with E-state index >= 15 is 0 Å². The zero-order valence-electron chi connectivity index (χ0n) is 14.1. The van der Waals surface area contributed by atoms with Crippen molar-refractivity contribution < 1.29 is 15.3 Å². The van der Waals surface area contributed by atoms with Gasteiger partial charge in [0, 0.05) is 17.5 Å². The topological polar surface area (TPSA) is 98.5 Å². The van der Waals surface area contributed by atoms with Gasteiger partial charge >= 0.3 is 0 Å². The van der Waals surface area contributed by atoms with Crippen LogP contribution in [-0.4, -0.2) is 44.5 Å². The molecule has 3 aromatic rings. The van der Waals surface area contributed by atoms with Gasteiger partial charge in [-0.15, -0.1) is 0 Å². The molecule has 0 aliphatic carbocycles. The predicted octanol–water partition coefficient (Wildman–Crippen LogP) is 1.69. The maximum absolute atomic E-state index is 9.35. The van der Waals surface area contributed by atoms with Crippen molar-refractivity contribution in [2.24, 2.45) is 0 Å². The summed E-state index contributed by atoms with van der Waals surface area (Å²) in [4.78, 5) is 8.56. The maximum Gasteiger partial charge on any atom is 0.138 e. The molecule has 0 amide bonds. The molecule has 26 heavy (non-hydrogen) atoms. The molecule has 0 fully saturated rings. The highest BCUT2D eigenvalue weighted by atomic mass is 16.3. The number of anilines is 1. The molecule has 4 N–H and O–H groups in total. The third-order valence-electron chi connectivity index (χ3n) is 3.83. The third-order valence-corrected chi connectivity index (χ3v) is 3.83. The molecule has 0 spiro atoms. The monoisotopic (exact) mass is 349 g/mol. The smallest absolute Gasteiger partial charge is 0.138 e. The quantitative estimate of drug-likeness (QED) is 0.523. The Morgan fingerprint density at radius 2 is 1.88 bits per heavy atom. The molecule has 132 valence electrons. The molecule has 0 radical (unpaired) electrons. The molecule has 0 bridgehead atoms. The molecule has 6 nitrogen and oxygen atoms in total. The summed E-state index contributed by atoms with van der Waals surface area (Å²) in [6.45, 7) is 0.282. The molecule has 6 heteroatoms. The first-order valence-electron chi connectivity index (χ1n) is 8.23. The molecule has 1 unspecified atom stereocenters. The van der Waals surface area contributed by atoms with Crippen LogP contribution < -0.4 is 5.32 Å². The number of aromatic nitrogens is 2. The minimum absolute atomic E-state index is 0.253. The van der Waals surface area contributed by atoms with Crippen LogP contribution in [0.2, 0.25) is 0 Å². The summed E-state index contributed by atoms with van der Waals surface area (Å²) in [6, 6.07) is 12.6. The number of aromatic hydroxyl groups is 1. The van der Waals surface area contributed by atoms with Crippen LogP contribution in [0.3, 0.4) is 0 Å². The highest BCUT2D eigenvalue weighted by Gasteiger charge is 2.04. The Kier molecular flexibility index (Phi) is 5.64. The Hall–Kier alpha value is -3.14. The molecule has 0 aliphatic rings. The van der Waals surface area contributed by atoms with Gasteiger partial charge in [0.05, 0.1) is 12.1 Å². The largest absolute Gasteiger partial charge is 0.508 e. The van der Waals surface area contributed by atoms with Gasteiger partial charge in [-0.1, -0.05) is 24.0 Å². The Balaban J connectivity index is 1.76. The van der Waals surface area contributed by atoms with Gasteiger partial charge in [0.15, 0.2) is 0 Å². The molecular weight excluding hydrogens is 330 g/mol. The van der Waals surface area contributed by atoms with E-state index in [9.17, 15) is 10.2 Å². The number of aliphatic hydroxyl groups excluding tert-OH is 2. The van der Waals surface area contributed by atoms with E-state index in [0.717, 1.165) is 22.9 Å². The van der Waals surface area contributed by atoms with Crippen molar-refractivity contribution in [2.45, 2.75) is 12.5 Å². The number of phenols is 1. The van der Waals surface area contributed by atoms with Crippen LogP contribution in [0.4, 0.5) is 5.82 Å². The van der Waals surface area contributed by atoms with Gasteiger partial charge in [-0.2, -0.15) is 0 Å². The number of fused-ring (bicyclic) bond motifs is 1. The summed E-state index contributed by atoms with van der Waals surface area (Å²) >= 11 is 0. The van der Waals surface area contributed by atoms with E-state index in [4.69, 9.17) is 5.11 Å². The highest BCUT2D eigenvalue weighted by Crippen LogP contribution is 2.20. The Bertz CT molecular complexity index is 946. The van der Waals surface area contributed by atoms with E-state index < -0.39 is 12.7 Å². The molecule has 0 saturated heterocycles. The highest BCUT2D eigenvalue weighted by molar-refractivity contribution is 5.89. The number of rotatable bonds is 5. The second-order valence-electron chi connectivity index (χ2n) is 5.77. The normalized spacial score (nSPS) is 11.6. The van der Waals surface area contributed by atoms with Crippen molar-refractivity contribution in [1.82, 2.24) is 9.97 Å². The number of nitrogens with zero attached hydrogens (tertiary/aromatic N) is 2. The number of phenolic OH excluding ortho intramolecular Hbond substituents is 1. The minimum Gasteiger partial charge on any atom is -0.508 e. The number of aliphatic hydroxyl groups is 2. The number of hydrogen-bond acceptors (Lipinski definition) is 6. The fourth-order valence-corrected chi connectivity index (χ4v) is 2.48. The lowest BCUT2D eigenvalue weighted by molar-refractivity contribution is 0.138.